The van der Waals surface area contributed by atoms with Crippen LogP contribution >= 0.6 is 27.5 Å². The van der Waals surface area contributed by atoms with E-state index in [9.17, 15) is 8.42 Å². The molecular formula is C14H10BrClN2O4S. The summed E-state index contributed by atoms with van der Waals surface area (Å²) >= 11 is 8.96. The lowest BCUT2D eigenvalue weighted by Gasteiger charge is -2.12. The number of benzene rings is 1. The first-order valence-corrected chi connectivity index (χ1v) is 8.87. The quantitative estimate of drug-likeness (QED) is 0.546. The third-order valence-electron chi connectivity index (χ3n) is 2.62. The molecule has 0 aliphatic rings. The average molecular weight is 418 g/mol. The number of hydrogen-bond donors (Lipinski definition) is 0. The van der Waals surface area contributed by atoms with Crippen molar-refractivity contribution in [3.8, 4) is 17.6 Å². The maximum Gasteiger partial charge on any atom is 0.342 e. The molecule has 0 spiro atoms. The SMILES string of the molecule is CCOc1cc(C#N)ccc1OS(=O)(=O)c1cc(Br)cnc1Cl. The minimum Gasteiger partial charge on any atom is -0.490 e. The second-order valence-corrected chi connectivity index (χ2v) is 6.97. The Hall–Kier alpha value is -1.82. The molecule has 1 aromatic carbocycles. The number of aromatic nitrogens is 1. The van der Waals surface area contributed by atoms with Crippen LogP contribution in [0.3, 0.4) is 0 Å². The molecule has 0 bridgehead atoms. The van der Waals surface area contributed by atoms with Crippen LogP contribution in [0.2, 0.25) is 5.15 Å². The monoisotopic (exact) mass is 416 g/mol. The van der Waals surface area contributed by atoms with Gasteiger partial charge in [0.1, 0.15) is 4.90 Å². The molecule has 9 heteroatoms. The summed E-state index contributed by atoms with van der Waals surface area (Å²) in [5.74, 6) is 0.107. The average Bonchev–Trinajstić information content (AvgIpc) is 2.51. The molecule has 0 atom stereocenters. The van der Waals surface area contributed by atoms with E-state index in [1.165, 1.54) is 30.5 Å². The van der Waals surface area contributed by atoms with E-state index in [-0.39, 0.29) is 28.2 Å². The molecule has 6 nitrogen and oxygen atoms in total. The van der Waals surface area contributed by atoms with Crippen molar-refractivity contribution in [1.82, 2.24) is 4.98 Å². The van der Waals surface area contributed by atoms with E-state index in [1.54, 1.807) is 6.92 Å². The van der Waals surface area contributed by atoms with E-state index in [0.29, 0.717) is 10.0 Å². The highest BCUT2D eigenvalue weighted by atomic mass is 79.9. The molecule has 0 aliphatic heterocycles. The van der Waals surface area contributed by atoms with E-state index in [1.807, 2.05) is 6.07 Å². The molecule has 0 aliphatic carbocycles. The maximum absolute atomic E-state index is 12.4. The highest BCUT2D eigenvalue weighted by molar-refractivity contribution is 9.10. The number of rotatable bonds is 5. The van der Waals surface area contributed by atoms with Crippen LogP contribution in [0.25, 0.3) is 0 Å². The van der Waals surface area contributed by atoms with Gasteiger partial charge < -0.3 is 8.92 Å². The van der Waals surface area contributed by atoms with Gasteiger partial charge in [0.2, 0.25) is 0 Å². The van der Waals surface area contributed by atoms with E-state index < -0.39 is 10.1 Å². The third-order valence-corrected chi connectivity index (χ3v) is 4.71. The van der Waals surface area contributed by atoms with Gasteiger partial charge in [-0.25, -0.2) is 4.98 Å². The van der Waals surface area contributed by atoms with Crippen LogP contribution in [0.5, 0.6) is 11.5 Å². The normalized spacial score (nSPS) is 10.9. The van der Waals surface area contributed by atoms with Crippen molar-refractivity contribution in [1.29, 1.82) is 5.26 Å². The summed E-state index contributed by atoms with van der Waals surface area (Å²) in [6, 6.07) is 7.40. The fraction of sp³-hybridized carbons (Fsp3) is 0.143. The minimum absolute atomic E-state index is 0.0399. The van der Waals surface area contributed by atoms with Gasteiger partial charge in [-0.2, -0.15) is 13.7 Å². The highest BCUT2D eigenvalue weighted by Gasteiger charge is 2.23. The number of pyridine rings is 1. The molecule has 0 saturated heterocycles. The summed E-state index contributed by atoms with van der Waals surface area (Å²) in [7, 11) is -4.21. The van der Waals surface area contributed by atoms with Gasteiger partial charge in [-0.05, 0) is 41.1 Å². The van der Waals surface area contributed by atoms with Gasteiger partial charge in [-0.1, -0.05) is 11.6 Å². The molecule has 0 N–H and O–H groups in total. The topological polar surface area (TPSA) is 89.3 Å². The van der Waals surface area contributed by atoms with Crippen LogP contribution < -0.4 is 8.92 Å². The Morgan fingerprint density at radius 1 is 1.35 bits per heavy atom. The fourth-order valence-electron chi connectivity index (χ4n) is 1.66. The van der Waals surface area contributed by atoms with Gasteiger partial charge in [0, 0.05) is 16.7 Å². The molecule has 0 saturated carbocycles. The molecular weight excluding hydrogens is 408 g/mol. The zero-order valence-corrected chi connectivity index (χ0v) is 14.9. The van der Waals surface area contributed by atoms with Crippen LogP contribution in [0.1, 0.15) is 12.5 Å². The van der Waals surface area contributed by atoms with Crippen molar-refractivity contribution >= 4 is 37.6 Å². The number of hydrogen-bond acceptors (Lipinski definition) is 6. The zero-order chi connectivity index (χ0) is 17.0. The van der Waals surface area contributed by atoms with Crippen LogP contribution in [0.4, 0.5) is 0 Å². The summed E-state index contributed by atoms with van der Waals surface area (Å²) in [5.41, 5.74) is 0.320. The van der Waals surface area contributed by atoms with Crippen LogP contribution in [-0.4, -0.2) is 20.0 Å². The van der Waals surface area contributed by atoms with Gasteiger partial charge in [0.25, 0.3) is 0 Å². The fourth-order valence-corrected chi connectivity index (χ4v) is 3.52. The molecule has 0 radical (unpaired) electrons. The Bertz CT molecular complexity index is 881. The molecule has 0 fully saturated rings. The van der Waals surface area contributed by atoms with Crippen molar-refractivity contribution < 1.29 is 17.3 Å². The largest absolute Gasteiger partial charge is 0.490 e. The lowest BCUT2D eigenvalue weighted by molar-refractivity contribution is 0.327. The number of nitrogens with zero attached hydrogens (tertiary/aromatic N) is 2. The van der Waals surface area contributed by atoms with Crippen molar-refractivity contribution in [2.45, 2.75) is 11.8 Å². The number of nitriles is 1. The first kappa shape index (κ1) is 17.5. The molecule has 23 heavy (non-hydrogen) atoms. The highest BCUT2D eigenvalue weighted by Crippen LogP contribution is 2.32. The molecule has 0 amide bonds. The summed E-state index contributed by atoms with van der Waals surface area (Å²) in [4.78, 5) is 3.48. The third kappa shape index (κ3) is 4.13. The molecule has 0 unspecified atom stereocenters. The standard InChI is InChI=1S/C14H10BrClN2O4S/c1-2-21-12-5-9(7-17)3-4-11(12)22-23(19,20)13-6-10(15)8-18-14(13)16/h3-6,8H,2H2,1H3. The van der Waals surface area contributed by atoms with Gasteiger partial charge in [-0.3, -0.25) is 0 Å². The van der Waals surface area contributed by atoms with Crippen molar-refractivity contribution in [3.63, 3.8) is 0 Å². The van der Waals surface area contributed by atoms with E-state index in [2.05, 4.69) is 20.9 Å². The van der Waals surface area contributed by atoms with Gasteiger partial charge in [0.15, 0.2) is 16.7 Å². The zero-order valence-electron chi connectivity index (χ0n) is 11.8. The maximum atomic E-state index is 12.4. The Kier molecular flexibility index (Phi) is 5.46. The van der Waals surface area contributed by atoms with E-state index in [4.69, 9.17) is 25.8 Å². The Morgan fingerprint density at radius 2 is 2.09 bits per heavy atom. The van der Waals surface area contributed by atoms with Gasteiger partial charge >= 0.3 is 10.1 Å². The minimum atomic E-state index is -4.21. The van der Waals surface area contributed by atoms with Crippen LogP contribution in [0.15, 0.2) is 39.8 Å². The van der Waals surface area contributed by atoms with Crippen LogP contribution in [0, 0.1) is 11.3 Å². The molecule has 2 rings (SSSR count). The lowest BCUT2D eigenvalue weighted by atomic mass is 10.2. The van der Waals surface area contributed by atoms with Gasteiger partial charge in [-0.15, -0.1) is 0 Å². The summed E-state index contributed by atoms with van der Waals surface area (Å²) < 4.78 is 35.7. The Balaban J connectivity index is 2.45. The van der Waals surface area contributed by atoms with Gasteiger partial charge in [0.05, 0.1) is 18.2 Å². The van der Waals surface area contributed by atoms with Crippen molar-refractivity contribution in [2.75, 3.05) is 6.61 Å². The predicted molar refractivity (Wildman–Crippen MR) is 87.1 cm³/mol. The summed E-state index contributed by atoms with van der Waals surface area (Å²) in [5, 5.41) is 8.69. The second kappa shape index (κ2) is 7.17. The Labute approximate surface area is 146 Å². The van der Waals surface area contributed by atoms with Crippen molar-refractivity contribution in [3.05, 3.63) is 45.7 Å². The first-order valence-electron chi connectivity index (χ1n) is 6.30. The molecule has 1 aromatic heterocycles. The van der Waals surface area contributed by atoms with Crippen molar-refractivity contribution in [2.24, 2.45) is 0 Å². The first-order chi connectivity index (χ1) is 10.9. The van der Waals surface area contributed by atoms with E-state index in [0.717, 1.165) is 0 Å². The number of halogens is 2. The number of ether oxygens (including phenoxy) is 1. The van der Waals surface area contributed by atoms with E-state index >= 15 is 0 Å². The summed E-state index contributed by atoms with van der Waals surface area (Å²) in [6.45, 7) is 2.01. The second-order valence-electron chi connectivity index (χ2n) is 4.19. The molecule has 120 valence electrons. The lowest BCUT2D eigenvalue weighted by Crippen LogP contribution is -2.12. The summed E-state index contributed by atoms with van der Waals surface area (Å²) in [6.07, 6.45) is 1.37. The molecule has 2 aromatic rings. The molecule has 1 heterocycles. The van der Waals surface area contributed by atoms with Crippen LogP contribution in [-0.2, 0) is 10.1 Å². The smallest absolute Gasteiger partial charge is 0.342 e. The Morgan fingerprint density at radius 3 is 2.74 bits per heavy atom. The predicted octanol–water partition coefficient (Wildman–Crippen LogP) is 3.54.